The smallest absolute Gasteiger partial charge is 0.122 e. The molecule has 1 heterocycles. The number of nitriles is 1. The predicted molar refractivity (Wildman–Crippen MR) is 86.0 cm³/mol. The lowest BCUT2D eigenvalue weighted by Gasteiger charge is -2.27. The van der Waals surface area contributed by atoms with E-state index in [4.69, 9.17) is 4.98 Å². The molecule has 0 fully saturated rings. The van der Waals surface area contributed by atoms with Crippen molar-refractivity contribution in [2.75, 3.05) is 0 Å². The van der Waals surface area contributed by atoms with Crippen molar-refractivity contribution in [3.05, 3.63) is 30.1 Å². The fourth-order valence-electron chi connectivity index (χ4n) is 2.78. The first-order chi connectivity index (χ1) is 9.99. The summed E-state index contributed by atoms with van der Waals surface area (Å²) in [5, 5.41) is 12.9. The lowest BCUT2D eigenvalue weighted by atomic mass is 10.0. The van der Waals surface area contributed by atoms with Gasteiger partial charge in [0.05, 0.1) is 23.6 Å². The molecule has 0 aliphatic heterocycles. The van der Waals surface area contributed by atoms with Crippen LogP contribution in [0.1, 0.15) is 39.9 Å². The highest BCUT2D eigenvalue weighted by molar-refractivity contribution is 5.76. The van der Waals surface area contributed by atoms with Gasteiger partial charge in [0.25, 0.3) is 0 Å². The van der Waals surface area contributed by atoms with E-state index < -0.39 is 5.54 Å². The summed E-state index contributed by atoms with van der Waals surface area (Å²) in [6.07, 6.45) is 1.97. The van der Waals surface area contributed by atoms with Crippen LogP contribution in [0.5, 0.6) is 0 Å². The van der Waals surface area contributed by atoms with Crippen LogP contribution in [0.15, 0.2) is 24.3 Å². The van der Waals surface area contributed by atoms with Gasteiger partial charge in [-0.25, -0.2) is 4.98 Å². The number of rotatable bonds is 6. The number of nitrogens with zero attached hydrogens (tertiary/aromatic N) is 3. The standard InChI is InChI=1S/C17H24N4/c1-5-8-16-19-14-9-6-7-10-15(14)21(16)12-17(4,11-18)20-13(2)3/h6-7,9-10,13,20H,5,8,12H2,1-4H3. The minimum atomic E-state index is -0.597. The lowest BCUT2D eigenvalue weighted by Crippen LogP contribution is -2.48. The number of hydrogen-bond donors (Lipinski definition) is 1. The average Bonchev–Trinajstić information content (AvgIpc) is 2.76. The Morgan fingerprint density at radius 1 is 1.38 bits per heavy atom. The Hall–Kier alpha value is -1.86. The van der Waals surface area contributed by atoms with Crippen molar-refractivity contribution in [3.8, 4) is 6.07 Å². The van der Waals surface area contributed by atoms with Crippen LogP contribution in [-0.2, 0) is 13.0 Å². The second-order valence-electron chi connectivity index (χ2n) is 6.10. The van der Waals surface area contributed by atoms with Gasteiger partial charge in [0.2, 0.25) is 0 Å². The number of imidazole rings is 1. The second-order valence-corrected chi connectivity index (χ2v) is 6.10. The first-order valence-electron chi connectivity index (χ1n) is 7.62. The normalized spacial score (nSPS) is 14.3. The molecule has 0 amide bonds. The molecule has 112 valence electrons. The van der Waals surface area contributed by atoms with Gasteiger partial charge in [0.1, 0.15) is 11.4 Å². The van der Waals surface area contributed by atoms with E-state index >= 15 is 0 Å². The molecule has 0 radical (unpaired) electrons. The SMILES string of the molecule is CCCc1nc2ccccc2n1CC(C)(C#N)NC(C)C. The van der Waals surface area contributed by atoms with E-state index in [0.29, 0.717) is 6.54 Å². The second kappa shape index (κ2) is 6.28. The monoisotopic (exact) mass is 284 g/mol. The number of aryl methyl sites for hydroxylation is 1. The van der Waals surface area contributed by atoms with Crippen molar-refractivity contribution in [1.82, 2.24) is 14.9 Å². The zero-order chi connectivity index (χ0) is 15.5. The molecule has 1 unspecified atom stereocenters. The van der Waals surface area contributed by atoms with E-state index in [-0.39, 0.29) is 6.04 Å². The van der Waals surface area contributed by atoms with Crippen LogP contribution >= 0.6 is 0 Å². The zero-order valence-corrected chi connectivity index (χ0v) is 13.3. The minimum absolute atomic E-state index is 0.263. The third-order valence-electron chi connectivity index (χ3n) is 3.54. The molecule has 0 bridgehead atoms. The molecule has 1 aromatic heterocycles. The van der Waals surface area contributed by atoms with Gasteiger partial charge >= 0.3 is 0 Å². The number of hydrogen-bond acceptors (Lipinski definition) is 3. The number of nitrogens with one attached hydrogen (secondary N) is 1. The van der Waals surface area contributed by atoms with Crippen molar-refractivity contribution < 1.29 is 0 Å². The Labute approximate surface area is 126 Å². The highest BCUT2D eigenvalue weighted by Gasteiger charge is 2.27. The van der Waals surface area contributed by atoms with Crippen LogP contribution in [0, 0.1) is 11.3 Å². The summed E-state index contributed by atoms with van der Waals surface area (Å²) in [6, 6.07) is 10.8. The number of fused-ring (bicyclic) bond motifs is 1. The molecule has 2 aromatic rings. The first kappa shape index (κ1) is 15.5. The third kappa shape index (κ3) is 3.43. The summed E-state index contributed by atoms with van der Waals surface area (Å²) in [4.78, 5) is 4.73. The van der Waals surface area contributed by atoms with Gasteiger partial charge in [0.15, 0.2) is 0 Å². The minimum Gasteiger partial charge on any atom is -0.325 e. The number of aromatic nitrogens is 2. The van der Waals surface area contributed by atoms with Crippen LogP contribution < -0.4 is 5.32 Å². The van der Waals surface area contributed by atoms with Crippen LogP contribution in [0.25, 0.3) is 11.0 Å². The highest BCUT2D eigenvalue weighted by atomic mass is 15.1. The quantitative estimate of drug-likeness (QED) is 0.885. The van der Waals surface area contributed by atoms with Crippen molar-refractivity contribution in [2.45, 2.75) is 58.7 Å². The van der Waals surface area contributed by atoms with E-state index in [1.165, 1.54) is 0 Å². The van der Waals surface area contributed by atoms with Gasteiger partial charge in [-0.2, -0.15) is 5.26 Å². The molecule has 1 N–H and O–H groups in total. The van der Waals surface area contributed by atoms with Crippen LogP contribution in [0.2, 0.25) is 0 Å². The summed E-state index contributed by atoms with van der Waals surface area (Å²) in [7, 11) is 0. The maximum Gasteiger partial charge on any atom is 0.122 e. The van der Waals surface area contributed by atoms with Crippen LogP contribution in [0.4, 0.5) is 0 Å². The van der Waals surface area contributed by atoms with Gasteiger partial charge in [-0.05, 0) is 39.3 Å². The summed E-state index contributed by atoms with van der Waals surface area (Å²) < 4.78 is 2.19. The van der Waals surface area contributed by atoms with Gasteiger partial charge in [-0.15, -0.1) is 0 Å². The molecule has 0 spiro atoms. The summed E-state index contributed by atoms with van der Waals surface area (Å²) in [5.41, 5.74) is 1.51. The molecule has 0 saturated carbocycles. The third-order valence-corrected chi connectivity index (χ3v) is 3.54. The molecular formula is C17H24N4. The summed E-state index contributed by atoms with van der Waals surface area (Å²) in [5.74, 6) is 1.06. The van der Waals surface area contributed by atoms with Gasteiger partial charge in [-0.1, -0.05) is 19.1 Å². The largest absolute Gasteiger partial charge is 0.325 e. The van der Waals surface area contributed by atoms with Crippen molar-refractivity contribution in [1.29, 1.82) is 5.26 Å². The van der Waals surface area contributed by atoms with Crippen molar-refractivity contribution >= 4 is 11.0 Å². The van der Waals surface area contributed by atoms with E-state index in [0.717, 1.165) is 29.7 Å². The molecule has 4 heteroatoms. The van der Waals surface area contributed by atoms with E-state index in [2.05, 4.69) is 42.8 Å². The molecule has 4 nitrogen and oxygen atoms in total. The molecule has 0 aliphatic rings. The first-order valence-corrected chi connectivity index (χ1v) is 7.62. The van der Waals surface area contributed by atoms with Gasteiger partial charge < -0.3 is 4.57 Å². The fraction of sp³-hybridized carbons (Fsp3) is 0.529. The Balaban J connectivity index is 2.44. The Morgan fingerprint density at radius 2 is 2.10 bits per heavy atom. The maximum atomic E-state index is 9.58. The number of para-hydroxylation sites is 2. The molecule has 2 rings (SSSR count). The fourth-order valence-corrected chi connectivity index (χ4v) is 2.78. The molecule has 0 saturated heterocycles. The van der Waals surface area contributed by atoms with Gasteiger partial charge in [-0.3, -0.25) is 5.32 Å². The Kier molecular flexibility index (Phi) is 4.64. The topological polar surface area (TPSA) is 53.6 Å². The van der Waals surface area contributed by atoms with Crippen LogP contribution in [-0.4, -0.2) is 21.1 Å². The van der Waals surface area contributed by atoms with Crippen LogP contribution in [0.3, 0.4) is 0 Å². The van der Waals surface area contributed by atoms with Gasteiger partial charge in [0, 0.05) is 12.5 Å². The molecule has 1 atom stereocenters. The summed E-state index contributed by atoms with van der Waals surface area (Å²) in [6.45, 7) is 8.84. The predicted octanol–water partition coefficient (Wildman–Crippen LogP) is 3.27. The van der Waals surface area contributed by atoms with E-state index in [9.17, 15) is 5.26 Å². The lowest BCUT2D eigenvalue weighted by molar-refractivity contribution is 0.357. The molecular weight excluding hydrogens is 260 g/mol. The van der Waals surface area contributed by atoms with Crippen molar-refractivity contribution in [2.24, 2.45) is 0 Å². The maximum absolute atomic E-state index is 9.58. The Bertz CT molecular complexity index is 650. The van der Waals surface area contributed by atoms with E-state index in [1.54, 1.807) is 0 Å². The molecule has 0 aliphatic carbocycles. The average molecular weight is 284 g/mol. The van der Waals surface area contributed by atoms with Crippen molar-refractivity contribution in [3.63, 3.8) is 0 Å². The Morgan fingerprint density at radius 3 is 2.71 bits per heavy atom. The van der Waals surface area contributed by atoms with E-state index in [1.807, 2.05) is 25.1 Å². The molecule has 1 aromatic carbocycles. The highest BCUT2D eigenvalue weighted by Crippen LogP contribution is 2.20. The number of benzene rings is 1. The zero-order valence-electron chi connectivity index (χ0n) is 13.3. The summed E-state index contributed by atoms with van der Waals surface area (Å²) >= 11 is 0. The molecule has 21 heavy (non-hydrogen) atoms.